The third-order valence-electron chi connectivity index (χ3n) is 3.60. The molecule has 2 amide bonds. The van der Waals surface area contributed by atoms with E-state index in [-0.39, 0.29) is 11.8 Å². The third-order valence-corrected chi connectivity index (χ3v) is 4.10. The Morgan fingerprint density at radius 3 is 2.31 bits per heavy atom. The molecule has 130 valence electrons. The second kappa shape index (κ2) is 8.40. The molecule has 0 atom stereocenters. The molecule has 2 aromatic carbocycles. The zero-order chi connectivity index (χ0) is 18.4. The van der Waals surface area contributed by atoms with Crippen molar-refractivity contribution in [2.24, 2.45) is 0 Å². The lowest BCUT2D eigenvalue weighted by Crippen LogP contribution is -2.15. The average molecular weight is 410 g/mol. The summed E-state index contributed by atoms with van der Waals surface area (Å²) in [6.45, 7) is 0. The number of hydrogen-bond acceptors (Lipinski definition) is 3. The van der Waals surface area contributed by atoms with Crippen LogP contribution in [0.15, 0.2) is 77.5 Å². The fraction of sp³-hybridized carbons (Fsp3) is 0.0500. The van der Waals surface area contributed by atoms with Crippen LogP contribution in [0, 0.1) is 0 Å². The van der Waals surface area contributed by atoms with Gasteiger partial charge in [-0.2, -0.15) is 0 Å². The molecule has 0 bridgehead atoms. The molecule has 26 heavy (non-hydrogen) atoms. The van der Waals surface area contributed by atoms with Gasteiger partial charge in [0.05, 0.1) is 12.0 Å². The number of anilines is 2. The van der Waals surface area contributed by atoms with Crippen molar-refractivity contribution in [1.29, 1.82) is 0 Å². The molecule has 5 nitrogen and oxygen atoms in total. The molecular weight excluding hydrogens is 394 g/mol. The number of carbonyl (C=O) groups is 2. The van der Waals surface area contributed by atoms with Gasteiger partial charge in [-0.05, 0) is 54.1 Å². The van der Waals surface area contributed by atoms with Gasteiger partial charge in [0.1, 0.15) is 0 Å². The van der Waals surface area contributed by atoms with Crippen LogP contribution in [0.3, 0.4) is 0 Å². The SMILES string of the molecule is O=C(Cc1cccc(Br)c1)Nc1ccc(NC(=O)c2cccnc2)cc1. The molecule has 0 aliphatic heterocycles. The molecule has 0 saturated heterocycles. The Bertz CT molecular complexity index is 912. The van der Waals surface area contributed by atoms with Gasteiger partial charge in [-0.3, -0.25) is 14.6 Å². The van der Waals surface area contributed by atoms with Gasteiger partial charge in [0.2, 0.25) is 5.91 Å². The molecular formula is C20H16BrN3O2. The highest BCUT2D eigenvalue weighted by atomic mass is 79.9. The molecule has 6 heteroatoms. The Morgan fingerprint density at radius 1 is 0.923 bits per heavy atom. The van der Waals surface area contributed by atoms with Gasteiger partial charge >= 0.3 is 0 Å². The smallest absolute Gasteiger partial charge is 0.257 e. The Labute approximate surface area is 159 Å². The molecule has 0 spiro atoms. The largest absolute Gasteiger partial charge is 0.326 e. The molecule has 3 rings (SSSR count). The van der Waals surface area contributed by atoms with Crippen molar-refractivity contribution in [1.82, 2.24) is 4.98 Å². The maximum absolute atomic E-state index is 12.1. The van der Waals surface area contributed by atoms with Gasteiger partial charge in [-0.1, -0.05) is 28.1 Å². The summed E-state index contributed by atoms with van der Waals surface area (Å²) in [5.41, 5.74) is 2.73. The van der Waals surface area contributed by atoms with Crippen molar-refractivity contribution in [3.05, 3.63) is 88.7 Å². The predicted octanol–water partition coefficient (Wildman–Crippen LogP) is 4.28. The summed E-state index contributed by atoms with van der Waals surface area (Å²) in [7, 11) is 0. The first-order chi connectivity index (χ1) is 12.6. The van der Waals surface area contributed by atoms with Gasteiger partial charge in [-0.25, -0.2) is 0 Å². The normalized spacial score (nSPS) is 10.2. The van der Waals surface area contributed by atoms with E-state index < -0.39 is 0 Å². The minimum absolute atomic E-state index is 0.102. The Hall–Kier alpha value is -2.99. The number of amides is 2. The van der Waals surface area contributed by atoms with E-state index in [1.165, 1.54) is 6.20 Å². The van der Waals surface area contributed by atoms with Crippen molar-refractivity contribution in [2.45, 2.75) is 6.42 Å². The summed E-state index contributed by atoms with van der Waals surface area (Å²) >= 11 is 3.39. The number of aromatic nitrogens is 1. The number of nitrogens with one attached hydrogen (secondary N) is 2. The number of benzene rings is 2. The number of pyridine rings is 1. The fourth-order valence-electron chi connectivity index (χ4n) is 2.37. The van der Waals surface area contributed by atoms with Gasteiger partial charge in [0, 0.05) is 28.2 Å². The topological polar surface area (TPSA) is 71.1 Å². The molecule has 1 aromatic heterocycles. The third kappa shape index (κ3) is 5.00. The molecule has 0 aliphatic rings. The van der Waals surface area contributed by atoms with Gasteiger partial charge in [0.15, 0.2) is 0 Å². The van der Waals surface area contributed by atoms with Gasteiger partial charge < -0.3 is 10.6 Å². The fourth-order valence-corrected chi connectivity index (χ4v) is 2.82. The van der Waals surface area contributed by atoms with Gasteiger partial charge in [-0.15, -0.1) is 0 Å². The summed E-state index contributed by atoms with van der Waals surface area (Å²) in [5.74, 6) is -0.334. The molecule has 0 radical (unpaired) electrons. The minimum Gasteiger partial charge on any atom is -0.326 e. The lowest BCUT2D eigenvalue weighted by atomic mass is 10.1. The van der Waals surface area contributed by atoms with Crippen LogP contribution in [0.5, 0.6) is 0 Å². The lowest BCUT2D eigenvalue weighted by Gasteiger charge is -2.08. The molecule has 3 aromatic rings. The number of halogens is 1. The Balaban J connectivity index is 1.57. The summed E-state index contributed by atoms with van der Waals surface area (Å²) in [6.07, 6.45) is 3.41. The van der Waals surface area contributed by atoms with Crippen molar-refractivity contribution in [3.8, 4) is 0 Å². The van der Waals surface area contributed by atoms with Crippen molar-refractivity contribution >= 4 is 39.1 Å². The monoisotopic (exact) mass is 409 g/mol. The van der Waals surface area contributed by atoms with E-state index in [4.69, 9.17) is 0 Å². The predicted molar refractivity (Wildman–Crippen MR) is 105 cm³/mol. The summed E-state index contributed by atoms with van der Waals surface area (Å²) in [6, 6.07) is 18.0. The van der Waals surface area contributed by atoms with Crippen molar-refractivity contribution in [2.75, 3.05) is 10.6 Å². The zero-order valence-electron chi connectivity index (χ0n) is 13.8. The molecule has 2 N–H and O–H groups in total. The van der Waals surface area contributed by atoms with Crippen LogP contribution in [0.25, 0.3) is 0 Å². The Kier molecular flexibility index (Phi) is 5.76. The molecule has 0 saturated carbocycles. The molecule has 0 unspecified atom stereocenters. The summed E-state index contributed by atoms with van der Waals surface area (Å²) < 4.78 is 0.941. The van der Waals surface area contributed by atoms with Crippen molar-refractivity contribution in [3.63, 3.8) is 0 Å². The molecule has 0 fully saturated rings. The highest BCUT2D eigenvalue weighted by Gasteiger charge is 2.07. The highest BCUT2D eigenvalue weighted by Crippen LogP contribution is 2.16. The van der Waals surface area contributed by atoms with E-state index in [1.54, 1.807) is 42.6 Å². The average Bonchev–Trinajstić information content (AvgIpc) is 2.64. The van der Waals surface area contributed by atoms with E-state index in [9.17, 15) is 9.59 Å². The number of rotatable bonds is 5. The second-order valence-corrected chi connectivity index (χ2v) is 6.54. The quantitative estimate of drug-likeness (QED) is 0.660. The van der Waals surface area contributed by atoms with Crippen LogP contribution in [-0.2, 0) is 11.2 Å². The number of nitrogens with zero attached hydrogens (tertiary/aromatic N) is 1. The van der Waals surface area contributed by atoms with Crippen LogP contribution in [0.2, 0.25) is 0 Å². The lowest BCUT2D eigenvalue weighted by molar-refractivity contribution is -0.115. The van der Waals surface area contributed by atoms with E-state index in [1.807, 2.05) is 24.3 Å². The Morgan fingerprint density at radius 2 is 1.65 bits per heavy atom. The maximum Gasteiger partial charge on any atom is 0.257 e. The first-order valence-electron chi connectivity index (χ1n) is 7.96. The van der Waals surface area contributed by atoms with Crippen LogP contribution in [0.4, 0.5) is 11.4 Å². The molecule has 1 heterocycles. The van der Waals surface area contributed by atoms with Gasteiger partial charge in [0.25, 0.3) is 5.91 Å². The van der Waals surface area contributed by atoms with E-state index >= 15 is 0 Å². The zero-order valence-corrected chi connectivity index (χ0v) is 15.4. The van der Waals surface area contributed by atoms with E-state index in [0.717, 1.165) is 10.0 Å². The maximum atomic E-state index is 12.1. The van der Waals surface area contributed by atoms with Crippen LogP contribution < -0.4 is 10.6 Å². The summed E-state index contributed by atoms with van der Waals surface area (Å²) in [5, 5.41) is 5.63. The van der Waals surface area contributed by atoms with E-state index in [2.05, 4.69) is 31.5 Å². The van der Waals surface area contributed by atoms with Crippen molar-refractivity contribution < 1.29 is 9.59 Å². The second-order valence-electron chi connectivity index (χ2n) is 5.63. The van der Waals surface area contributed by atoms with E-state index in [0.29, 0.717) is 23.4 Å². The summed E-state index contributed by atoms with van der Waals surface area (Å²) in [4.78, 5) is 28.1. The minimum atomic E-state index is -0.232. The van der Waals surface area contributed by atoms with Crippen LogP contribution in [-0.4, -0.2) is 16.8 Å². The first-order valence-corrected chi connectivity index (χ1v) is 8.75. The van der Waals surface area contributed by atoms with Crippen LogP contribution >= 0.6 is 15.9 Å². The number of carbonyl (C=O) groups excluding carboxylic acids is 2. The highest BCUT2D eigenvalue weighted by molar-refractivity contribution is 9.10. The molecule has 0 aliphatic carbocycles. The van der Waals surface area contributed by atoms with Crippen LogP contribution in [0.1, 0.15) is 15.9 Å². The first kappa shape index (κ1) is 17.8. The standard InChI is InChI=1S/C20H16BrN3O2/c21-16-5-1-3-14(11-16)12-19(25)23-17-6-8-18(9-7-17)24-20(26)15-4-2-10-22-13-15/h1-11,13H,12H2,(H,23,25)(H,24,26). The number of hydrogen-bond donors (Lipinski definition) is 2.